The first-order chi connectivity index (χ1) is 5.25. The molecule has 2 N–H and O–H groups in total. The number of aliphatic imine (C=N–C) groups is 1. The molecule has 0 amide bonds. The maximum absolute atomic E-state index is 5.35. The van der Waals surface area contributed by atoms with Crippen molar-refractivity contribution in [3.8, 4) is 0 Å². The van der Waals surface area contributed by atoms with Gasteiger partial charge in [-0.15, -0.1) is 0 Å². The molecule has 1 rings (SSSR count). The van der Waals surface area contributed by atoms with Crippen LogP contribution in [0.25, 0.3) is 0 Å². The van der Waals surface area contributed by atoms with E-state index in [1.54, 1.807) is 0 Å². The maximum Gasteiger partial charge on any atom is 0.139 e. The van der Waals surface area contributed by atoms with Gasteiger partial charge in [-0.25, -0.2) is 0 Å². The van der Waals surface area contributed by atoms with E-state index in [0.29, 0.717) is 0 Å². The van der Waals surface area contributed by atoms with Gasteiger partial charge in [0.05, 0.1) is 4.48 Å². The highest BCUT2D eigenvalue weighted by Gasteiger charge is 2.12. The second-order valence-electron chi connectivity index (χ2n) is 2.50. The van der Waals surface area contributed by atoms with Crippen LogP contribution in [0.2, 0.25) is 0 Å². The van der Waals surface area contributed by atoms with Crippen LogP contribution < -0.4 is 5.73 Å². The van der Waals surface area contributed by atoms with Gasteiger partial charge in [-0.05, 0) is 22.4 Å². The summed E-state index contributed by atoms with van der Waals surface area (Å²) < 4.78 is 0.875. The monoisotopic (exact) mass is 217 g/mol. The van der Waals surface area contributed by atoms with E-state index in [2.05, 4.69) is 25.8 Å². The summed E-state index contributed by atoms with van der Waals surface area (Å²) in [7, 11) is 2.02. The molecule has 62 valence electrons. The van der Waals surface area contributed by atoms with E-state index >= 15 is 0 Å². The minimum atomic E-state index is 0.875. The van der Waals surface area contributed by atoms with Gasteiger partial charge in [-0.1, -0.05) is 0 Å². The second kappa shape index (κ2) is 3.76. The molecule has 0 spiro atoms. The van der Waals surface area contributed by atoms with Crippen molar-refractivity contribution in [1.82, 2.24) is 4.90 Å². The zero-order chi connectivity index (χ0) is 8.27. The Hall–Kier alpha value is -0.510. The first-order valence-corrected chi connectivity index (χ1v) is 4.38. The molecule has 0 aromatic heterocycles. The molecule has 0 atom stereocenters. The summed E-state index contributed by atoms with van der Waals surface area (Å²) in [6.45, 7) is 1.96. The van der Waals surface area contributed by atoms with Gasteiger partial charge in [0, 0.05) is 26.3 Å². The standard InChI is InChI=1S/C7H12BrN3/c1-11-4-2-3-10-7(11)6(8)5-9/h5H,2-4,9H2,1H3. The minimum absolute atomic E-state index is 0.875. The molecule has 0 unspecified atom stereocenters. The van der Waals surface area contributed by atoms with Gasteiger partial charge in [0.25, 0.3) is 0 Å². The maximum atomic E-state index is 5.35. The topological polar surface area (TPSA) is 41.6 Å². The van der Waals surface area contributed by atoms with Crippen LogP contribution in [0.4, 0.5) is 0 Å². The van der Waals surface area contributed by atoms with Crippen molar-refractivity contribution in [2.75, 3.05) is 20.1 Å². The fourth-order valence-electron chi connectivity index (χ4n) is 1.05. The Morgan fingerprint density at radius 3 is 3.09 bits per heavy atom. The van der Waals surface area contributed by atoms with Crippen LogP contribution in [0.5, 0.6) is 0 Å². The van der Waals surface area contributed by atoms with E-state index in [1.807, 2.05) is 7.05 Å². The van der Waals surface area contributed by atoms with Crippen LogP contribution in [0.1, 0.15) is 6.42 Å². The lowest BCUT2D eigenvalue weighted by atomic mass is 10.3. The Balaban J connectivity index is 2.75. The first-order valence-electron chi connectivity index (χ1n) is 3.59. The molecule has 0 saturated heterocycles. The van der Waals surface area contributed by atoms with E-state index in [1.165, 1.54) is 6.20 Å². The number of hydrogen-bond donors (Lipinski definition) is 1. The number of hydrogen-bond acceptors (Lipinski definition) is 3. The number of rotatable bonds is 1. The number of amidine groups is 1. The molecular formula is C7H12BrN3. The summed E-state index contributed by atoms with van der Waals surface area (Å²) in [5.74, 6) is 0.957. The first kappa shape index (κ1) is 8.59. The van der Waals surface area contributed by atoms with Crippen LogP contribution in [-0.4, -0.2) is 30.9 Å². The molecule has 11 heavy (non-hydrogen) atoms. The summed E-state index contributed by atoms with van der Waals surface area (Å²) >= 11 is 3.34. The molecule has 0 aromatic carbocycles. The number of nitrogens with two attached hydrogens (primary N) is 1. The van der Waals surface area contributed by atoms with Crippen molar-refractivity contribution in [3.05, 3.63) is 10.7 Å². The third-order valence-corrected chi connectivity index (χ3v) is 2.25. The predicted octanol–water partition coefficient (Wildman–Crippen LogP) is 0.915. The molecule has 0 radical (unpaired) electrons. The zero-order valence-electron chi connectivity index (χ0n) is 6.55. The Kier molecular flexibility index (Phi) is 2.93. The molecule has 0 aliphatic carbocycles. The van der Waals surface area contributed by atoms with Crippen molar-refractivity contribution >= 4 is 21.8 Å². The molecule has 1 aliphatic heterocycles. The molecule has 3 nitrogen and oxygen atoms in total. The molecule has 0 fully saturated rings. The normalized spacial score (nSPS) is 20.0. The molecule has 0 bridgehead atoms. The Labute approximate surface area is 75.1 Å². The minimum Gasteiger partial charge on any atom is -0.404 e. The van der Waals surface area contributed by atoms with E-state index in [4.69, 9.17) is 5.73 Å². The third kappa shape index (κ3) is 1.96. The van der Waals surface area contributed by atoms with Crippen molar-refractivity contribution in [1.29, 1.82) is 0 Å². The lowest BCUT2D eigenvalue weighted by molar-refractivity contribution is 0.469. The number of nitrogens with zero attached hydrogens (tertiary/aromatic N) is 2. The summed E-state index contributed by atoms with van der Waals surface area (Å²) in [4.78, 5) is 6.42. The Morgan fingerprint density at radius 2 is 2.55 bits per heavy atom. The molecular weight excluding hydrogens is 206 g/mol. The number of halogens is 1. The van der Waals surface area contributed by atoms with Crippen LogP contribution in [0, 0.1) is 0 Å². The van der Waals surface area contributed by atoms with Gasteiger partial charge in [0.2, 0.25) is 0 Å². The summed E-state index contributed by atoms with van der Waals surface area (Å²) in [5.41, 5.74) is 5.35. The van der Waals surface area contributed by atoms with Gasteiger partial charge in [-0.3, -0.25) is 4.99 Å². The molecule has 4 heteroatoms. The van der Waals surface area contributed by atoms with E-state index in [-0.39, 0.29) is 0 Å². The van der Waals surface area contributed by atoms with E-state index in [9.17, 15) is 0 Å². The quantitative estimate of drug-likeness (QED) is 0.710. The van der Waals surface area contributed by atoms with E-state index in [0.717, 1.165) is 29.8 Å². The van der Waals surface area contributed by atoms with Crippen LogP contribution >= 0.6 is 15.9 Å². The largest absolute Gasteiger partial charge is 0.404 e. The highest BCUT2D eigenvalue weighted by atomic mass is 79.9. The van der Waals surface area contributed by atoms with Crippen LogP contribution in [0.15, 0.2) is 15.7 Å². The summed E-state index contributed by atoms with van der Waals surface area (Å²) in [5, 5.41) is 0. The van der Waals surface area contributed by atoms with Crippen molar-refractivity contribution in [2.45, 2.75) is 6.42 Å². The highest BCUT2D eigenvalue weighted by Crippen LogP contribution is 2.12. The second-order valence-corrected chi connectivity index (χ2v) is 3.35. The molecule has 1 aliphatic rings. The van der Waals surface area contributed by atoms with Gasteiger partial charge in [0.1, 0.15) is 5.84 Å². The smallest absolute Gasteiger partial charge is 0.139 e. The molecule has 0 saturated carbocycles. The summed E-state index contributed by atoms with van der Waals surface area (Å²) in [6.07, 6.45) is 2.66. The van der Waals surface area contributed by atoms with Crippen LogP contribution in [0.3, 0.4) is 0 Å². The van der Waals surface area contributed by atoms with Crippen molar-refractivity contribution in [3.63, 3.8) is 0 Å². The average molecular weight is 218 g/mol. The molecule has 0 aromatic rings. The highest BCUT2D eigenvalue weighted by molar-refractivity contribution is 9.12. The fourth-order valence-corrected chi connectivity index (χ4v) is 1.48. The molecule has 1 heterocycles. The van der Waals surface area contributed by atoms with Crippen molar-refractivity contribution in [2.24, 2.45) is 10.7 Å². The van der Waals surface area contributed by atoms with E-state index < -0.39 is 0 Å². The van der Waals surface area contributed by atoms with Crippen molar-refractivity contribution < 1.29 is 0 Å². The van der Waals surface area contributed by atoms with Gasteiger partial charge >= 0.3 is 0 Å². The third-order valence-electron chi connectivity index (χ3n) is 1.63. The SMILES string of the molecule is CN1CCCN=C1C(Br)=CN. The lowest BCUT2D eigenvalue weighted by Gasteiger charge is -2.24. The van der Waals surface area contributed by atoms with Gasteiger partial charge in [-0.2, -0.15) is 0 Å². The lowest BCUT2D eigenvalue weighted by Crippen LogP contribution is -2.32. The number of likely N-dealkylation sites (N-methyl/N-ethyl adjacent to an activating group) is 1. The average Bonchev–Trinajstić information content (AvgIpc) is 2.04. The van der Waals surface area contributed by atoms with Crippen LogP contribution in [-0.2, 0) is 0 Å². The van der Waals surface area contributed by atoms with Gasteiger partial charge < -0.3 is 10.6 Å². The fraction of sp³-hybridized carbons (Fsp3) is 0.571. The Bertz CT molecular complexity index is 198. The zero-order valence-corrected chi connectivity index (χ0v) is 8.13. The van der Waals surface area contributed by atoms with Gasteiger partial charge in [0.15, 0.2) is 0 Å². The predicted molar refractivity (Wildman–Crippen MR) is 50.7 cm³/mol. The Morgan fingerprint density at radius 1 is 1.82 bits per heavy atom. The summed E-state index contributed by atoms with van der Waals surface area (Å²) in [6, 6.07) is 0.